The summed E-state index contributed by atoms with van der Waals surface area (Å²) in [6.07, 6.45) is 0.117. The van der Waals surface area contributed by atoms with Crippen LogP contribution in [-0.2, 0) is 15.6 Å². The van der Waals surface area contributed by atoms with Gasteiger partial charge in [0.05, 0.1) is 0 Å². The van der Waals surface area contributed by atoms with Crippen LogP contribution in [0.5, 0.6) is 0 Å². The molecule has 2 aromatic carbocycles. The van der Waals surface area contributed by atoms with Gasteiger partial charge in [0.1, 0.15) is 0 Å². The van der Waals surface area contributed by atoms with Crippen LogP contribution in [0.2, 0.25) is 0 Å². The molecule has 0 spiro atoms. The van der Waals surface area contributed by atoms with Gasteiger partial charge in [-0.05, 0) is 28.8 Å². The molecular formula is C15H14O4S. The number of aliphatic hydroxyl groups is 1. The van der Waals surface area contributed by atoms with E-state index in [2.05, 4.69) is 0 Å². The first-order valence-electron chi connectivity index (χ1n) is 5.94. The van der Waals surface area contributed by atoms with E-state index >= 15 is 0 Å². The van der Waals surface area contributed by atoms with E-state index in [-0.39, 0.29) is 0 Å². The standard InChI is InChI=1S/C15H14O4S/c1-20(19)13-8-6-11(7-9-13)10-2-4-12(5-3-10)14(16)15(17)18/h2-9,14,16H,1H3,(H,17,18). The smallest absolute Gasteiger partial charge is 0.337 e. The van der Waals surface area contributed by atoms with Crippen LogP contribution in [0.1, 0.15) is 11.7 Å². The van der Waals surface area contributed by atoms with Gasteiger partial charge in [0.2, 0.25) is 0 Å². The van der Waals surface area contributed by atoms with Crippen LogP contribution in [-0.4, -0.2) is 26.6 Å². The molecule has 0 aliphatic carbocycles. The maximum Gasteiger partial charge on any atom is 0.337 e. The lowest BCUT2D eigenvalue weighted by Crippen LogP contribution is -2.10. The molecule has 0 amide bonds. The number of aliphatic hydroxyl groups excluding tert-OH is 1. The zero-order valence-corrected chi connectivity index (χ0v) is 11.6. The first kappa shape index (κ1) is 14.4. The van der Waals surface area contributed by atoms with Crippen LogP contribution in [0.15, 0.2) is 53.4 Å². The summed E-state index contributed by atoms with van der Waals surface area (Å²) < 4.78 is 11.3. The van der Waals surface area contributed by atoms with Crippen molar-refractivity contribution in [3.63, 3.8) is 0 Å². The van der Waals surface area contributed by atoms with Crippen molar-refractivity contribution in [2.24, 2.45) is 0 Å². The molecule has 2 rings (SSSR count). The molecule has 0 heterocycles. The number of benzene rings is 2. The Morgan fingerprint density at radius 1 is 1.00 bits per heavy atom. The van der Waals surface area contributed by atoms with E-state index in [1.54, 1.807) is 42.7 Å². The van der Waals surface area contributed by atoms with Crippen LogP contribution in [0.3, 0.4) is 0 Å². The molecular weight excluding hydrogens is 276 g/mol. The summed E-state index contributed by atoms with van der Waals surface area (Å²) >= 11 is 0. The summed E-state index contributed by atoms with van der Waals surface area (Å²) in [5.41, 5.74) is 2.18. The molecule has 0 bridgehead atoms. The van der Waals surface area contributed by atoms with Crippen LogP contribution in [0, 0.1) is 0 Å². The topological polar surface area (TPSA) is 74.6 Å². The lowest BCUT2D eigenvalue weighted by Gasteiger charge is -2.07. The number of carboxylic acid groups (broad SMARTS) is 1. The fourth-order valence-electron chi connectivity index (χ4n) is 1.84. The second kappa shape index (κ2) is 5.98. The van der Waals surface area contributed by atoms with E-state index in [1.165, 1.54) is 0 Å². The summed E-state index contributed by atoms with van der Waals surface area (Å²) in [6, 6.07) is 14.0. The summed E-state index contributed by atoms with van der Waals surface area (Å²) in [5.74, 6) is -1.27. The second-order valence-corrected chi connectivity index (χ2v) is 5.72. The second-order valence-electron chi connectivity index (χ2n) is 4.34. The van der Waals surface area contributed by atoms with Gasteiger partial charge in [-0.2, -0.15) is 0 Å². The Kier molecular flexibility index (Phi) is 4.32. The van der Waals surface area contributed by atoms with E-state index in [1.807, 2.05) is 12.1 Å². The van der Waals surface area contributed by atoms with E-state index < -0.39 is 22.9 Å². The SMILES string of the molecule is CS(=O)c1ccc(-c2ccc(C(O)C(=O)O)cc2)cc1. The number of carbonyl (C=O) groups is 1. The predicted octanol–water partition coefficient (Wildman–Crippen LogP) is 2.21. The van der Waals surface area contributed by atoms with Crippen molar-refractivity contribution in [3.8, 4) is 11.1 Å². The highest BCUT2D eigenvalue weighted by molar-refractivity contribution is 7.84. The van der Waals surface area contributed by atoms with E-state index in [9.17, 15) is 14.1 Å². The normalized spacial score (nSPS) is 13.7. The average molecular weight is 290 g/mol. The molecule has 5 heteroatoms. The molecule has 0 aliphatic rings. The van der Waals surface area contributed by atoms with Gasteiger partial charge in [-0.25, -0.2) is 4.79 Å². The summed E-state index contributed by atoms with van der Waals surface area (Å²) in [7, 11) is -1.01. The van der Waals surface area contributed by atoms with Crippen molar-refractivity contribution in [3.05, 3.63) is 54.1 Å². The molecule has 0 aromatic heterocycles. The lowest BCUT2D eigenvalue weighted by molar-refractivity contribution is -0.146. The van der Waals surface area contributed by atoms with Gasteiger partial charge in [0, 0.05) is 22.0 Å². The maximum atomic E-state index is 11.3. The van der Waals surface area contributed by atoms with Gasteiger partial charge < -0.3 is 10.2 Å². The Hall–Kier alpha value is -1.98. The molecule has 2 unspecified atom stereocenters. The van der Waals surface area contributed by atoms with Crippen molar-refractivity contribution in [2.75, 3.05) is 6.26 Å². The van der Waals surface area contributed by atoms with E-state index in [0.717, 1.165) is 16.0 Å². The van der Waals surface area contributed by atoms with Crippen LogP contribution < -0.4 is 0 Å². The minimum Gasteiger partial charge on any atom is -0.479 e. The zero-order valence-electron chi connectivity index (χ0n) is 10.8. The van der Waals surface area contributed by atoms with Crippen molar-refractivity contribution in [1.29, 1.82) is 0 Å². The fraction of sp³-hybridized carbons (Fsp3) is 0.133. The van der Waals surface area contributed by atoms with Crippen molar-refractivity contribution >= 4 is 16.8 Å². The third-order valence-electron chi connectivity index (χ3n) is 2.98. The fourth-order valence-corrected chi connectivity index (χ4v) is 2.36. The van der Waals surface area contributed by atoms with Crippen molar-refractivity contribution < 1.29 is 19.2 Å². The quantitative estimate of drug-likeness (QED) is 0.905. The Bertz CT molecular complexity index is 632. The molecule has 0 saturated carbocycles. The predicted molar refractivity (Wildman–Crippen MR) is 76.8 cm³/mol. The summed E-state index contributed by atoms with van der Waals surface area (Å²) in [6.45, 7) is 0. The third kappa shape index (κ3) is 3.12. The molecule has 0 aliphatic heterocycles. The van der Waals surface area contributed by atoms with Crippen molar-refractivity contribution in [1.82, 2.24) is 0 Å². The molecule has 0 fully saturated rings. The lowest BCUT2D eigenvalue weighted by atomic mass is 10.0. The number of hydrogen-bond acceptors (Lipinski definition) is 3. The number of carboxylic acids is 1. The Morgan fingerprint density at radius 3 is 1.85 bits per heavy atom. The highest BCUT2D eigenvalue weighted by atomic mass is 32.2. The molecule has 0 radical (unpaired) electrons. The Balaban J connectivity index is 2.25. The van der Waals surface area contributed by atoms with E-state index in [4.69, 9.17) is 5.11 Å². The zero-order chi connectivity index (χ0) is 14.7. The summed E-state index contributed by atoms with van der Waals surface area (Å²) in [5, 5.41) is 18.1. The first-order valence-corrected chi connectivity index (χ1v) is 7.49. The highest BCUT2D eigenvalue weighted by Gasteiger charge is 2.15. The Labute approximate surface area is 119 Å². The minimum atomic E-state index is -1.51. The maximum absolute atomic E-state index is 11.3. The number of aliphatic carboxylic acids is 1. The van der Waals surface area contributed by atoms with Gasteiger partial charge in [-0.1, -0.05) is 36.4 Å². The highest BCUT2D eigenvalue weighted by Crippen LogP contribution is 2.23. The van der Waals surface area contributed by atoms with Gasteiger partial charge >= 0.3 is 5.97 Å². The monoisotopic (exact) mass is 290 g/mol. The van der Waals surface area contributed by atoms with Crippen LogP contribution >= 0.6 is 0 Å². The van der Waals surface area contributed by atoms with E-state index in [0.29, 0.717) is 5.56 Å². The Morgan fingerprint density at radius 2 is 1.45 bits per heavy atom. The molecule has 2 atom stereocenters. The first-order chi connectivity index (χ1) is 9.49. The van der Waals surface area contributed by atoms with Crippen molar-refractivity contribution in [2.45, 2.75) is 11.0 Å². The number of rotatable bonds is 4. The van der Waals surface area contributed by atoms with Gasteiger partial charge in [0.15, 0.2) is 6.10 Å². The van der Waals surface area contributed by atoms with Gasteiger partial charge in [-0.15, -0.1) is 0 Å². The summed E-state index contributed by atoms with van der Waals surface area (Å²) in [4.78, 5) is 11.4. The van der Waals surface area contributed by atoms with Gasteiger partial charge in [0.25, 0.3) is 0 Å². The molecule has 0 saturated heterocycles. The van der Waals surface area contributed by atoms with Crippen LogP contribution in [0.25, 0.3) is 11.1 Å². The molecule has 4 nitrogen and oxygen atoms in total. The number of hydrogen-bond donors (Lipinski definition) is 2. The molecule has 2 N–H and O–H groups in total. The molecule has 104 valence electrons. The van der Waals surface area contributed by atoms with Crippen LogP contribution in [0.4, 0.5) is 0 Å². The minimum absolute atomic E-state index is 0.340. The molecule has 20 heavy (non-hydrogen) atoms. The largest absolute Gasteiger partial charge is 0.479 e. The van der Waals surface area contributed by atoms with Gasteiger partial charge in [-0.3, -0.25) is 4.21 Å². The average Bonchev–Trinajstić information content (AvgIpc) is 2.46. The molecule has 2 aromatic rings. The third-order valence-corrected chi connectivity index (χ3v) is 3.92.